The summed E-state index contributed by atoms with van der Waals surface area (Å²) >= 11 is 0. The predicted molar refractivity (Wildman–Crippen MR) is 105 cm³/mol. The third-order valence-corrected chi connectivity index (χ3v) is 3.90. The van der Waals surface area contributed by atoms with Gasteiger partial charge in [-0.1, -0.05) is 44.7 Å². The van der Waals surface area contributed by atoms with Crippen molar-refractivity contribution in [1.82, 2.24) is 0 Å². The Morgan fingerprint density at radius 3 is 2.54 bits per heavy atom. The molecule has 0 amide bonds. The molecule has 0 aliphatic rings. The molecule has 2 rings (SSSR count). The fraction of sp³-hybridized carbons (Fsp3) is 0.350. The van der Waals surface area contributed by atoms with Crippen molar-refractivity contribution in [3.05, 3.63) is 64.2 Å². The monoisotopic (exact) mass is 355 g/mol. The van der Waals surface area contributed by atoms with Crippen molar-refractivity contribution in [2.45, 2.75) is 39.0 Å². The highest BCUT2D eigenvalue weighted by Crippen LogP contribution is 2.18. The number of hydrogen-bond donors (Lipinski definition) is 1. The number of ether oxygens (including phenoxy) is 1. The third-order valence-electron chi connectivity index (χ3n) is 3.90. The number of hydrogen-bond acceptors (Lipinski definition) is 5. The first kappa shape index (κ1) is 19.4. The molecule has 138 valence electrons. The Bertz CT molecular complexity index is 714. The van der Waals surface area contributed by atoms with E-state index < -0.39 is 4.92 Å². The highest BCUT2D eigenvalue weighted by molar-refractivity contribution is 5.84. The summed E-state index contributed by atoms with van der Waals surface area (Å²) in [5, 5.41) is 14.8. The number of nitro benzene ring substituents is 1. The van der Waals surface area contributed by atoms with E-state index in [1.54, 1.807) is 18.3 Å². The molecule has 0 saturated carbocycles. The van der Waals surface area contributed by atoms with Crippen molar-refractivity contribution in [1.29, 1.82) is 0 Å². The maximum Gasteiger partial charge on any atom is 0.269 e. The van der Waals surface area contributed by atoms with Gasteiger partial charge in [-0.15, -0.1) is 0 Å². The Hall–Kier alpha value is -2.89. The number of rotatable bonds is 11. The van der Waals surface area contributed by atoms with Crippen LogP contribution in [0.15, 0.2) is 53.6 Å². The Morgan fingerprint density at radius 1 is 1.08 bits per heavy atom. The second-order valence-electron chi connectivity index (χ2n) is 5.97. The summed E-state index contributed by atoms with van der Waals surface area (Å²) in [6, 6.07) is 13.9. The zero-order chi connectivity index (χ0) is 18.6. The van der Waals surface area contributed by atoms with E-state index in [0.29, 0.717) is 12.3 Å². The predicted octanol–water partition coefficient (Wildman–Crippen LogP) is 5.39. The summed E-state index contributed by atoms with van der Waals surface area (Å²) in [6.45, 7) is 2.90. The van der Waals surface area contributed by atoms with Crippen LogP contribution in [0, 0.1) is 10.1 Å². The lowest BCUT2D eigenvalue weighted by Crippen LogP contribution is -2.00. The molecule has 0 bridgehead atoms. The number of unbranched alkanes of at least 4 members (excludes halogenated alkanes) is 4. The van der Waals surface area contributed by atoms with Crippen molar-refractivity contribution in [3.8, 4) is 5.75 Å². The van der Waals surface area contributed by atoms with Crippen LogP contribution in [-0.4, -0.2) is 17.7 Å². The molecule has 0 saturated heterocycles. The van der Waals surface area contributed by atoms with E-state index in [9.17, 15) is 10.1 Å². The van der Waals surface area contributed by atoms with Crippen LogP contribution in [0.25, 0.3) is 0 Å². The van der Waals surface area contributed by atoms with E-state index in [1.807, 2.05) is 24.3 Å². The SMILES string of the molecule is CCCCCCCOc1ccccc1/C=N/Nc1ccc([N+](=O)[O-])cc1. The molecule has 0 unspecified atom stereocenters. The van der Waals surface area contributed by atoms with Gasteiger partial charge in [0.05, 0.1) is 23.4 Å². The van der Waals surface area contributed by atoms with E-state index in [2.05, 4.69) is 17.5 Å². The van der Waals surface area contributed by atoms with E-state index in [4.69, 9.17) is 4.74 Å². The summed E-state index contributed by atoms with van der Waals surface area (Å²) in [7, 11) is 0. The first-order chi connectivity index (χ1) is 12.7. The average Bonchev–Trinajstić information content (AvgIpc) is 2.66. The quantitative estimate of drug-likeness (QED) is 0.254. The fourth-order valence-electron chi connectivity index (χ4n) is 2.44. The number of benzene rings is 2. The second-order valence-corrected chi connectivity index (χ2v) is 5.97. The van der Waals surface area contributed by atoms with Gasteiger partial charge in [0.1, 0.15) is 5.75 Å². The maximum atomic E-state index is 10.7. The van der Waals surface area contributed by atoms with Crippen LogP contribution in [0.4, 0.5) is 11.4 Å². The number of nitrogens with one attached hydrogen (secondary N) is 1. The second kappa shape index (κ2) is 10.9. The van der Waals surface area contributed by atoms with Gasteiger partial charge in [0.2, 0.25) is 0 Å². The number of anilines is 1. The smallest absolute Gasteiger partial charge is 0.269 e. The summed E-state index contributed by atoms with van der Waals surface area (Å²) in [5.41, 5.74) is 4.49. The van der Waals surface area contributed by atoms with Gasteiger partial charge in [0, 0.05) is 17.7 Å². The molecule has 0 atom stereocenters. The minimum Gasteiger partial charge on any atom is -0.493 e. The number of non-ortho nitro benzene ring substituents is 1. The minimum atomic E-state index is -0.428. The van der Waals surface area contributed by atoms with Crippen LogP contribution in [0.5, 0.6) is 5.75 Å². The van der Waals surface area contributed by atoms with Crippen molar-refractivity contribution in [2.75, 3.05) is 12.0 Å². The average molecular weight is 355 g/mol. The Morgan fingerprint density at radius 2 is 1.81 bits per heavy atom. The summed E-state index contributed by atoms with van der Waals surface area (Å²) in [5.74, 6) is 0.803. The van der Waals surface area contributed by atoms with E-state index in [1.165, 1.54) is 37.8 Å². The third kappa shape index (κ3) is 6.55. The zero-order valence-electron chi connectivity index (χ0n) is 15.1. The fourth-order valence-corrected chi connectivity index (χ4v) is 2.44. The zero-order valence-corrected chi connectivity index (χ0v) is 15.1. The summed E-state index contributed by atoms with van der Waals surface area (Å²) in [4.78, 5) is 10.2. The molecule has 2 aromatic carbocycles. The van der Waals surface area contributed by atoms with Gasteiger partial charge in [0.25, 0.3) is 5.69 Å². The molecule has 0 spiro atoms. The standard InChI is InChI=1S/C20H25N3O3/c1-2-3-4-5-8-15-26-20-10-7-6-9-17(20)16-21-22-18-11-13-19(14-12-18)23(24)25/h6-7,9-14,16,22H,2-5,8,15H2,1H3/b21-16+. The molecule has 0 aliphatic heterocycles. The topological polar surface area (TPSA) is 76.8 Å². The number of hydrazone groups is 1. The van der Waals surface area contributed by atoms with Crippen LogP contribution in [0.3, 0.4) is 0 Å². The minimum absolute atomic E-state index is 0.0530. The molecule has 0 aromatic heterocycles. The normalized spacial score (nSPS) is 10.8. The van der Waals surface area contributed by atoms with Crippen LogP contribution in [0.2, 0.25) is 0 Å². The van der Waals surface area contributed by atoms with Gasteiger partial charge in [0.15, 0.2) is 0 Å². The van der Waals surface area contributed by atoms with Gasteiger partial charge in [-0.25, -0.2) is 0 Å². The van der Waals surface area contributed by atoms with Crippen molar-refractivity contribution in [2.24, 2.45) is 5.10 Å². The van der Waals surface area contributed by atoms with Gasteiger partial charge in [-0.3, -0.25) is 15.5 Å². The molecule has 1 N–H and O–H groups in total. The van der Waals surface area contributed by atoms with Crippen molar-refractivity contribution >= 4 is 17.6 Å². The molecule has 0 aliphatic carbocycles. The Labute approximate surface area is 154 Å². The van der Waals surface area contributed by atoms with Crippen LogP contribution in [-0.2, 0) is 0 Å². The highest BCUT2D eigenvalue weighted by atomic mass is 16.6. The number of nitrogens with zero attached hydrogens (tertiary/aromatic N) is 2. The highest BCUT2D eigenvalue weighted by Gasteiger charge is 2.03. The molecular formula is C20H25N3O3. The lowest BCUT2D eigenvalue weighted by molar-refractivity contribution is -0.384. The van der Waals surface area contributed by atoms with E-state index >= 15 is 0 Å². The number of para-hydroxylation sites is 1. The van der Waals surface area contributed by atoms with Gasteiger partial charge < -0.3 is 4.74 Å². The van der Waals surface area contributed by atoms with Crippen molar-refractivity contribution in [3.63, 3.8) is 0 Å². The molecule has 26 heavy (non-hydrogen) atoms. The molecule has 0 fully saturated rings. The molecular weight excluding hydrogens is 330 g/mol. The lowest BCUT2D eigenvalue weighted by atomic mass is 10.2. The molecule has 2 aromatic rings. The Balaban J connectivity index is 1.86. The summed E-state index contributed by atoms with van der Waals surface area (Å²) < 4.78 is 5.87. The largest absolute Gasteiger partial charge is 0.493 e. The van der Waals surface area contributed by atoms with Crippen LogP contribution < -0.4 is 10.2 Å². The van der Waals surface area contributed by atoms with Crippen molar-refractivity contribution < 1.29 is 9.66 Å². The summed E-state index contributed by atoms with van der Waals surface area (Å²) in [6.07, 6.45) is 7.69. The van der Waals surface area contributed by atoms with Crippen LogP contribution in [0.1, 0.15) is 44.6 Å². The van der Waals surface area contributed by atoms with E-state index in [0.717, 1.165) is 17.7 Å². The molecule has 6 nitrogen and oxygen atoms in total. The van der Waals surface area contributed by atoms with Gasteiger partial charge in [-0.2, -0.15) is 5.10 Å². The first-order valence-electron chi connectivity index (χ1n) is 8.96. The van der Waals surface area contributed by atoms with Gasteiger partial charge in [-0.05, 0) is 30.7 Å². The molecule has 0 radical (unpaired) electrons. The van der Waals surface area contributed by atoms with E-state index in [-0.39, 0.29) is 5.69 Å². The molecule has 0 heterocycles. The van der Waals surface area contributed by atoms with Crippen LogP contribution >= 0.6 is 0 Å². The first-order valence-corrected chi connectivity index (χ1v) is 8.96. The maximum absolute atomic E-state index is 10.7. The van der Waals surface area contributed by atoms with Gasteiger partial charge >= 0.3 is 0 Å². The Kier molecular flexibility index (Phi) is 8.12. The lowest BCUT2D eigenvalue weighted by Gasteiger charge is -2.09. The number of nitro groups is 1. The molecule has 6 heteroatoms.